The van der Waals surface area contributed by atoms with Gasteiger partial charge in [-0.25, -0.2) is 8.78 Å². The molecule has 6 rings (SSSR count). The van der Waals surface area contributed by atoms with Crippen molar-refractivity contribution < 1.29 is 55.8 Å². The van der Waals surface area contributed by atoms with Gasteiger partial charge in [-0.05, 0) is 88.1 Å². The largest absolute Gasteiger partial charge is 0.493 e. The highest BCUT2D eigenvalue weighted by Gasteiger charge is 2.56. The van der Waals surface area contributed by atoms with Crippen LogP contribution < -0.4 is 24.8 Å². The minimum Gasteiger partial charge on any atom is -0.493 e. The maximum atomic E-state index is 15.4. The summed E-state index contributed by atoms with van der Waals surface area (Å²) in [6.07, 6.45) is 3.26. The third-order valence-electron chi connectivity index (χ3n) is 8.83. The van der Waals surface area contributed by atoms with Crippen LogP contribution in [-0.2, 0) is 32.8 Å². The smallest absolute Gasteiger partial charge is 0.347 e. The molecule has 0 spiro atoms. The lowest BCUT2D eigenvalue weighted by Gasteiger charge is -2.25. The molecule has 1 aromatic heterocycles. The predicted molar refractivity (Wildman–Crippen MR) is 197 cm³/mol. The highest BCUT2D eigenvalue weighted by atomic mass is 31.2. The number of anilines is 2. The van der Waals surface area contributed by atoms with Gasteiger partial charge < -0.3 is 38.7 Å². The normalized spacial score (nSPS) is 14.7. The molecule has 292 valence electrons. The number of pyridine rings is 1. The Kier molecular flexibility index (Phi) is 12.3. The molecule has 1 heterocycles. The SMILES string of the molecule is CCOP(=O)(CN(CCOc1cc2nccc(Oc3ccc(NC(=O)C4(C(=O)Nc5ccc(F)cc5)CC4)cc3F)c2cc1OC)OC(=O)C1CC1)OCC. The molecular weight excluding hydrogens is 741 g/mol. The van der Waals surface area contributed by atoms with E-state index in [1.807, 2.05) is 0 Å². The van der Waals surface area contributed by atoms with E-state index < -0.39 is 42.4 Å². The van der Waals surface area contributed by atoms with Crippen LogP contribution in [0.5, 0.6) is 23.0 Å². The quantitative estimate of drug-likeness (QED) is 0.0550. The van der Waals surface area contributed by atoms with Crippen molar-refractivity contribution in [3.8, 4) is 23.0 Å². The fraction of sp³-hybridized carbons (Fsp3) is 0.368. The van der Waals surface area contributed by atoms with Crippen LogP contribution in [0.4, 0.5) is 20.2 Å². The Morgan fingerprint density at radius 3 is 2.16 bits per heavy atom. The van der Waals surface area contributed by atoms with Gasteiger partial charge >= 0.3 is 13.6 Å². The van der Waals surface area contributed by atoms with Crippen molar-refractivity contribution in [3.63, 3.8) is 0 Å². The van der Waals surface area contributed by atoms with Crippen LogP contribution in [0.1, 0.15) is 39.5 Å². The van der Waals surface area contributed by atoms with E-state index in [9.17, 15) is 23.3 Å². The lowest BCUT2D eigenvalue weighted by Crippen LogP contribution is -2.35. The van der Waals surface area contributed by atoms with Crippen molar-refractivity contribution >= 4 is 47.7 Å². The molecular formula is C38H41F2N4O10P. The zero-order valence-electron chi connectivity index (χ0n) is 30.5. The molecule has 14 nitrogen and oxygen atoms in total. The van der Waals surface area contributed by atoms with Crippen LogP contribution in [0.3, 0.4) is 0 Å². The highest BCUT2D eigenvalue weighted by molar-refractivity contribution is 7.53. The summed E-state index contributed by atoms with van der Waals surface area (Å²) in [5.74, 6) is -2.27. The van der Waals surface area contributed by atoms with Crippen LogP contribution in [0.25, 0.3) is 10.9 Å². The number of hydrogen-bond donors (Lipinski definition) is 2. The standard InChI is InChI=1S/C38H41F2N4O10P/c1-4-51-55(48,52-5-2)23-44(54-35(45)24-6-7-24)18-19-50-34-22-30-28(21-33(34)49-3)31(14-17-41-30)53-32-13-12-27(20-29(32)40)43-37(47)38(15-16-38)36(46)42-26-10-8-25(39)9-11-26/h8-14,17,20-22,24H,4-7,15-16,18-19,23H2,1-3H3,(H,42,46)(H,43,47). The number of halogens is 2. The molecule has 0 atom stereocenters. The van der Waals surface area contributed by atoms with Gasteiger partial charge in [0.15, 0.2) is 23.1 Å². The van der Waals surface area contributed by atoms with E-state index >= 15 is 4.39 Å². The van der Waals surface area contributed by atoms with Gasteiger partial charge in [-0.2, -0.15) is 0 Å². The van der Waals surface area contributed by atoms with Crippen LogP contribution in [-0.4, -0.2) is 67.6 Å². The van der Waals surface area contributed by atoms with Crippen LogP contribution in [0.15, 0.2) is 66.9 Å². The van der Waals surface area contributed by atoms with Gasteiger partial charge in [-0.3, -0.25) is 23.9 Å². The number of amides is 2. The number of hydroxylamine groups is 2. The first-order valence-electron chi connectivity index (χ1n) is 17.8. The second kappa shape index (κ2) is 17.1. The molecule has 55 heavy (non-hydrogen) atoms. The number of nitrogens with one attached hydrogen (secondary N) is 2. The molecule has 2 N–H and O–H groups in total. The number of rotatable bonds is 19. The molecule has 2 amide bonds. The molecule has 0 aliphatic heterocycles. The van der Waals surface area contributed by atoms with E-state index in [0.29, 0.717) is 40.9 Å². The summed E-state index contributed by atoms with van der Waals surface area (Å²) in [6, 6.07) is 13.9. The van der Waals surface area contributed by atoms with E-state index in [4.69, 9.17) is 28.1 Å². The zero-order chi connectivity index (χ0) is 39.2. The van der Waals surface area contributed by atoms with Crippen LogP contribution in [0.2, 0.25) is 0 Å². The van der Waals surface area contributed by atoms with E-state index in [1.165, 1.54) is 54.8 Å². The summed E-state index contributed by atoms with van der Waals surface area (Å²) in [5.41, 5.74) is -0.418. The molecule has 0 radical (unpaired) electrons. The predicted octanol–water partition coefficient (Wildman–Crippen LogP) is 7.44. The van der Waals surface area contributed by atoms with Crippen LogP contribution >= 0.6 is 7.60 Å². The summed E-state index contributed by atoms with van der Waals surface area (Å²) in [7, 11) is -2.15. The molecule has 0 bridgehead atoms. The van der Waals surface area contributed by atoms with Crippen molar-refractivity contribution in [1.82, 2.24) is 10.0 Å². The molecule has 2 fully saturated rings. The fourth-order valence-corrected chi connectivity index (χ4v) is 7.23. The molecule has 2 aliphatic carbocycles. The fourth-order valence-electron chi connectivity index (χ4n) is 5.62. The molecule has 3 aromatic carbocycles. The third-order valence-corrected chi connectivity index (χ3v) is 10.8. The second-order valence-electron chi connectivity index (χ2n) is 12.9. The highest BCUT2D eigenvalue weighted by Crippen LogP contribution is 2.49. The van der Waals surface area contributed by atoms with Gasteiger partial charge in [-0.1, -0.05) is 0 Å². The number of methoxy groups -OCH3 is 1. The van der Waals surface area contributed by atoms with Crippen LogP contribution in [0, 0.1) is 23.0 Å². The number of aromatic nitrogens is 1. The topological polar surface area (TPSA) is 164 Å². The number of hydrogen-bond acceptors (Lipinski definition) is 12. The first kappa shape index (κ1) is 39.5. The van der Waals surface area contributed by atoms with Gasteiger partial charge in [0.25, 0.3) is 0 Å². The molecule has 0 unspecified atom stereocenters. The Labute approximate surface area is 315 Å². The van der Waals surface area contributed by atoms with Gasteiger partial charge in [0, 0.05) is 35.1 Å². The van der Waals surface area contributed by atoms with Gasteiger partial charge in [-0.15, -0.1) is 5.06 Å². The molecule has 2 saturated carbocycles. The monoisotopic (exact) mass is 782 g/mol. The zero-order valence-corrected chi connectivity index (χ0v) is 31.4. The Morgan fingerprint density at radius 2 is 1.55 bits per heavy atom. The Bertz CT molecular complexity index is 2090. The summed E-state index contributed by atoms with van der Waals surface area (Å²) in [4.78, 5) is 48.4. The summed E-state index contributed by atoms with van der Waals surface area (Å²) in [6.45, 7) is 3.68. The van der Waals surface area contributed by atoms with E-state index in [-0.39, 0.29) is 55.8 Å². The number of fused-ring (bicyclic) bond motifs is 1. The number of carbonyl (C=O) groups excluding carboxylic acids is 3. The lowest BCUT2D eigenvalue weighted by molar-refractivity contribution is -0.190. The van der Waals surface area contributed by atoms with E-state index in [0.717, 1.165) is 18.9 Å². The van der Waals surface area contributed by atoms with Gasteiger partial charge in [0.1, 0.15) is 29.9 Å². The molecule has 2 aliphatic rings. The van der Waals surface area contributed by atoms with E-state index in [1.54, 1.807) is 32.0 Å². The van der Waals surface area contributed by atoms with Crippen molar-refractivity contribution in [2.45, 2.75) is 39.5 Å². The molecule has 0 saturated heterocycles. The summed E-state index contributed by atoms with van der Waals surface area (Å²) < 4.78 is 70.2. The molecule has 17 heteroatoms. The summed E-state index contributed by atoms with van der Waals surface area (Å²) >= 11 is 0. The van der Waals surface area contributed by atoms with Crippen molar-refractivity contribution in [1.29, 1.82) is 0 Å². The van der Waals surface area contributed by atoms with E-state index in [2.05, 4.69) is 15.6 Å². The Balaban J connectivity index is 1.11. The minimum atomic E-state index is -3.59. The van der Waals surface area contributed by atoms with Gasteiger partial charge in [0.05, 0.1) is 38.3 Å². The Morgan fingerprint density at radius 1 is 0.873 bits per heavy atom. The average molecular weight is 783 g/mol. The average Bonchev–Trinajstić information content (AvgIpc) is 4.08. The number of nitrogens with zero attached hydrogens (tertiary/aromatic N) is 2. The summed E-state index contributed by atoms with van der Waals surface area (Å²) in [5, 5.41) is 6.95. The number of ether oxygens (including phenoxy) is 3. The second-order valence-corrected chi connectivity index (χ2v) is 14.9. The third kappa shape index (κ3) is 9.75. The minimum absolute atomic E-state index is 0.0115. The first-order chi connectivity index (χ1) is 26.5. The first-order valence-corrected chi connectivity index (χ1v) is 19.5. The maximum Gasteiger partial charge on any atom is 0.347 e. The number of carbonyl (C=O) groups is 3. The van der Waals surface area contributed by atoms with Crippen molar-refractivity contribution in [2.75, 3.05) is 50.4 Å². The van der Waals surface area contributed by atoms with Crippen molar-refractivity contribution in [2.24, 2.45) is 11.3 Å². The van der Waals surface area contributed by atoms with Gasteiger partial charge in [0.2, 0.25) is 11.8 Å². The lowest BCUT2D eigenvalue weighted by atomic mass is 10.0. The molecule has 4 aromatic rings. The number of benzene rings is 3. The Hall–Kier alpha value is -5.15. The maximum absolute atomic E-state index is 15.4. The van der Waals surface area contributed by atoms with Crippen molar-refractivity contribution in [3.05, 3.63) is 78.5 Å².